The molecule has 2 aromatic rings. The van der Waals surface area contributed by atoms with Crippen LogP contribution in [-0.2, 0) is 17.6 Å². The van der Waals surface area contributed by atoms with Gasteiger partial charge in [0.05, 0.1) is 11.8 Å². The molecule has 0 heterocycles. The Kier molecular flexibility index (Phi) is 5.42. The van der Waals surface area contributed by atoms with Crippen molar-refractivity contribution in [2.24, 2.45) is 0 Å². The molecule has 0 saturated carbocycles. The number of nitrogens with zero attached hydrogens (tertiary/aromatic N) is 1. The number of carbonyl (C=O) groups excluding carboxylic acids is 1. The van der Waals surface area contributed by atoms with Crippen molar-refractivity contribution in [1.29, 1.82) is 0 Å². The van der Waals surface area contributed by atoms with Crippen LogP contribution in [0.2, 0.25) is 0 Å². The molecule has 0 spiro atoms. The number of rotatable bonds is 5. The number of aryl methyl sites for hydroxylation is 2. The molecule has 1 atom stereocenters. The van der Waals surface area contributed by atoms with Crippen LogP contribution in [0.15, 0.2) is 41.3 Å². The molecule has 1 amide bonds. The van der Waals surface area contributed by atoms with Gasteiger partial charge in [0.1, 0.15) is 0 Å². The van der Waals surface area contributed by atoms with Gasteiger partial charge in [-0.2, -0.15) is 0 Å². The van der Waals surface area contributed by atoms with Crippen LogP contribution < -0.4 is 0 Å². The Labute approximate surface area is 151 Å². The number of carbonyl (C=O) groups is 1. The normalized spacial score (nSPS) is 14.2. The van der Waals surface area contributed by atoms with Gasteiger partial charge in [-0.15, -0.1) is 11.8 Å². The van der Waals surface area contributed by atoms with Gasteiger partial charge in [0.25, 0.3) is 0 Å². The van der Waals surface area contributed by atoms with E-state index < -0.39 is 11.6 Å². The summed E-state index contributed by atoms with van der Waals surface area (Å²) < 4.78 is 26.5. The first kappa shape index (κ1) is 17.9. The van der Waals surface area contributed by atoms with E-state index in [2.05, 4.69) is 18.2 Å². The van der Waals surface area contributed by atoms with E-state index in [-0.39, 0.29) is 11.9 Å². The summed E-state index contributed by atoms with van der Waals surface area (Å²) >= 11 is 1.52. The van der Waals surface area contributed by atoms with E-state index in [0.717, 1.165) is 29.9 Å². The van der Waals surface area contributed by atoms with Gasteiger partial charge in [0.15, 0.2) is 11.6 Å². The number of benzene rings is 2. The predicted molar refractivity (Wildman–Crippen MR) is 96.7 cm³/mol. The highest BCUT2D eigenvalue weighted by Crippen LogP contribution is 2.28. The molecule has 5 heteroatoms. The Hall–Kier alpha value is -1.88. The highest BCUT2D eigenvalue weighted by Gasteiger charge is 2.19. The second kappa shape index (κ2) is 7.56. The maximum absolute atomic E-state index is 13.4. The number of amides is 1. The van der Waals surface area contributed by atoms with Crippen molar-refractivity contribution in [3.63, 3.8) is 0 Å². The van der Waals surface area contributed by atoms with Gasteiger partial charge in [-0.25, -0.2) is 8.78 Å². The topological polar surface area (TPSA) is 20.3 Å². The molecule has 2 aromatic carbocycles. The van der Waals surface area contributed by atoms with Crippen molar-refractivity contribution < 1.29 is 13.6 Å². The number of fused-ring (bicyclic) bond motifs is 1. The van der Waals surface area contributed by atoms with Crippen molar-refractivity contribution >= 4 is 17.7 Å². The summed E-state index contributed by atoms with van der Waals surface area (Å²) in [7, 11) is 1.69. The zero-order chi connectivity index (χ0) is 18.0. The van der Waals surface area contributed by atoms with Gasteiger partial charge in [-0.1, -0.05) is 12.1 Å². The molecular formula is C20H21F2NOS. The molecule has 3 rings (SSSR count). The zero-order valence-electron chi connectivity index (χ0n) is 14.4. The minimum atomic E-state index is -0.891. The number of halogens is 2. The lowest BCUT2D eigenvalue weighted by Crippen LogP contribution is -2.31. The smallest absolute Gasteiger partial charge is 0.233 e. The summed E-state index contributed by atoms with van der Waals surface area (Å²) in [5.41, 5.74) is 3.39. The van der Waals surface area contributed by atoms with E-state index in [0.29, 0.717) is 11.3 Å². The van der Waals surface area contributed by atoms with Crippen molar-refractivity contribution in [3.05, 3.63) is 64.7 Å². The van der Waals surface area contributed by atoms with Crippen LogP contribution in [0.3, 0.4) is 0 Å². The fourth-order valence-corrected chi connectivity index (χ4v) is 3.98. The highest BCUT2D eigenvalue weighted by atomic mass is 32.2. The molecule has 0 aliphatic heterocycles. The second-order valence-corrected chi connectivity index (χ2v) is 7.48. The second-order valence-electron chi connectivity index (χ2n) is 6.43. The van der Waals surface area contributed by atoms with Crippen molar-refractivity contribution in [3.8, 4) is 0 Å². The molecule has 25 heavy (non-hydrogen) atoms. The van der Waals surface area contributed by atoms with E-state index in [1.165, 1.54) is 35.4 Å². The summed E-state index contributed by atoms with van der Waals surface area (Å²) in [4.78, 5) is 15.1. The Morgan fingerprint density at radius 2 is 1.88 bits per heavy atom. The summed E-state index contributed by atoms with van der Waals surface area (Å²) in [5.74, 6) is -1.49. The van der Waals surface area contributed by atoms with Crippen LogP contribution in [-0.4, -0.2) is 23.6 Å². The van der Waals surface area contributed by atoms with Gasteiger partial charge in [0.2, 0.25) is 5.91 Å². The van der Waals surface area contributed by atoms with Gasteiger partial charge in [-0.3, -0.25) is 4.79 Å². The third-order valence-corrected chi connectivity index (χ3v) is 5.81. The molecule has 2 nitrogen and oxygen atoms in total. The van der Waals surface area contributed by atoms with Crippen LogP contribution >= 0.6 is 11.8 Å². The predicted octanol–water partition coefficient (Wildman–Crippen LogP) is 4.77. The van der Waals surface area contributed by atoms with E-state index >= 15 is 0 Å². The summed E-state index contributed by atoms with van der Waals surface area (Å²) in [6.07, 6.45) is 3.47. The summed E-state index contributed by atoms with van der Waals surface area (Å²) in [6, 6.07) is 9.85. The highest BCUT2D eigenvalue weighted by molar-refractivity contribution is 8.00. The standard InChI is InChI=1S/C20H21F2NOS/c1-13(15-7-9-18(21)19(22)11-15)23(2)20(24)12-25-17-8-6-14-4-3-5-16(14)10-17/h6-11,13H,3-5,12H2,1-2H3. The average molecular weight is 361 g/mol. The minimum absolute atomic E-state index is 0.0391. The molecule has 132 valence electrons. The SMILES string of the molecule is CC(c1ccc(F)c(F)c1)N(C)C(=O)CSc1ccc2c(c1)CCC2. The lowest BCUT2D eigenvalue weighted by Gasteiger charge is -2.25. The number of hydrogen-bond donors (Lipinski definition) is 0. The van der Waals surface area contributed by atoms with E-state index in [4.69, 9.17) is 0 Å². The molecule has 0 fully saturated rings. The first-order valence-corrected chi connectivity index (χ1v) is 9.39. The van der Waals surface area contributed by atoms with E-state index in [9.17, 15) is 13.6 Å². The van der Waals surface area contributed by atoms with Gasteiger partial charge in [0, 0.05) is 11.9 Å². The average Bonchev–Trinajstić information content (AvgIpc) is 3.08. The molecule has 1 aliphatic carbocycles. The molecule has 1 aliphatic rings. The van der Waals surface area contributed by atoms with Gasteiger partial charge >= 0.3 is 0 Å². The van der Waals surface area contributed by atoms with Crippen molar-refractivity contribution in [2.75, 3.05) is 12.8 Å². The first-order valence-electron chi connectivity index (χ1n) is 8.41. The maximum Gasteiger partial charge on any atom is 0.233 e. The minimum Gasteiger partial charge on any atom is -0.338 e. The Bertz CT molecular complexity index is 793. The van der Waals surface area contributed by atoms with Gasteiger partial charge < -0.3 is 4.90 Å². The Morgan fingerprint density at radius 1 is 1.12 bits per heavy atom. The molecule has 0 bridgehead atoms. The molecular weight excluding hydrogens is 340 g/mol. The molecule has 0 N–H and O–H groups in total. The van der Waals surface area contributed by atoms with Gasteiger partial charge in [-0.05, 0) is 67.1 Å². The van der Waals surface area contributed by atoms with E-state index in [1.54, 1.807) is 11.9 Å². The van der Waals surface area contributed by atoms with Crippen LogP contribution in [0.5, 0.6) is 0 Å². The molecule has 1 unspecified atom stereocenters. The quantitative estimate of drug-likeness (QED) is 0.715. The third kappa shape index (κ3) is 4.03. The van der Waals surface area contributed by atoms with Crippen LogP contribution in [0.4, 0.5) is 8.78 Å². The maximum atomic E-state index is 13.4. The Morgan fingerprint density at radius 3 is 2.64 bits per heavy atom. The summed E-state index contributed by atoms with van der Waals surface area (Å²) in [6.45, 7) is 1.81. The molecule has 0 aromatic heterocycles. The third-order valence-electron chi connectivity index (χ3n) is 4.83. The van der Waals surface area contributed by atoms with Crippen molar-refractivity contribution in [2.45, 2.75) is 37.1 Å². The van der Waals surface area contributed by atoms with E-state index in [1.807, 2.05) is 6.92 Å². The van der Waals surface area contributed by atoms with Crippen molar-refractivity contribution in [1.82, 2.24) is 4.90 Å². The van der Waals surface area contributed by atoms with Crippen LogP contribution in [0, 0.1) is 11.6 Å². The fraction of sp³-hybridized carbons (Fsp3) is 0.350. The Balaban J connectivity index is 1.61. The molecule has 0 radical (unpaired) electrons. The van der Waals surface area contributed by atoms with Crippen LogP contribution in [0.1, 0.15) is 36.1 Å². The number of thioether (sulfide) groups is 1. The first-order chi connectivity index (χ1) is 12.0. The lowest BCUT2D eigenvalue weighted by molar-refractivity contribution is -0.128. The largest absolute Gasteiger partial charge is 0.338 e. The fourth-order valence-electron chi connectivity index (χ4n) is 3.10. The number of hydrogen-bond acceptors (Lipinski definition) is 2. The summed E-state index contributed by atoms with van der Waals surface area (Å²) in [5, 5.41) is 0. The lowest BCUT2D eigenvalue weighted by atomic mass is 10.1. The monoisotopic (exact) mass is 361 g/mol. The van der Waals surface area contributed by atoms with Crippen LogP contribution in [0.25, 0.3) is 0 Å². The zero-order valence-corrected chi connectivity index (χ0v) is 15.2. The molecule has 0 saturated heterocycles.